The van der Waals surface area contributed by atoms with Crippen molar-refractivity contribution in [3.63, 3.8) is 0 Å². The summed E-state index contributed by atoms with van der Waals surface area (Å²) in [5.41, 5.74) is 1.39. The van der Waals surface area contributed by atoms with Crippen molar-refractivity contribution in [2.45, 2.75) is 31.9 Å². The second-order valence-electron chi connectivity index (χ2n) is 5.04. The van der Waals surface area contributed by atoms with Gasteiger partial charge in [0.15, 0.2) is 6.23 Å². The minimum absolute atomic E-state index is 0.0666. The zero-order chi connectivity index (χ0) is 17.5. The molecule has 0 fully saturated rings. The number of ether oxygens (including phenoxy) is 1. The summed E-state index contributed by atoms with van der Waals surface area (Å²) < 4.78 is 34.5. The van der Waals surface area contributed by atoms with Crippen molar-refractivity contribution in [2.24, 2.45) is 0 Å². The molecular weight excluding hydrogens is 306 g/mol. The highest BCUT2D eigenvalue weighted by atomic mass is 32.2. The van der Waals surface area contributed by atoms with Crippen LogP contribution in [0, 0.1) is 6.92 Å². The van der Waals surface area contributed by atoms with E-state index >= 15 is 0 Å². The van der Waals surface area contributed by atoms with Gasteiger partial charge in [0.2, 0.25) is 0 Å². The molecule has 0 saturated carbocycles. The highest BCUT2D eigenvalue weighted by Gasteiger charge is 2.10. The number of benzene rings is 1. The first kappa shape index (κ1) is 20.3. The van der Waals surface area contributed by atoms with Crippen molar-refractivity contribution in [2.75, 3.05) is 14.1 Å². The summed E-state index contributed by atoms with van der Waals surface area (Å²) >= 11 is 0. The molecule has 0 heterocycles. The molecule has 1 rings (SSSR count). The standard InChI is InChI=1S/C8H15NO2.C7H8O3S/c1-6(2)8(10)11-7(3)9(4)5;1-6-2-4-7(5-3-6)11(8,9)10/h7H,1H2,2-5H3;2-5H,1H3,(H,8,9,10). The van der Waals surface area contributed by atoms with E-state index in [2.05, 4.69) is 6.58 Å². The first-order chi connectivity index (χ1) is 9.95. The lowest BCUT2D eigenvalue weighted by molar-refractivity contribution is -0.150. The van der Waals surface area contributed by atoms with Crippen LogP contribution in [0.3, 0.4) is 0 Å². The third kappa shape index (κ3) is 7.92. The number of carbonyl (C=O) groups excluding carboxylic acids is 1. The Morgan fingerprint density at radius 1 is 1.27 bits per heavy atom. The summed E-state index contributed by atoms with van der Waals surface area (Å²) in [6.45, 7) is 8.75. The van der Waals surface area contributed by atoms with E-state index < -0.39 is 10.1 Å². The predicted molar refractivity (Wildman–Crippen MR) is 85.0 cm³/mol. The van der Waals surface area contributed by atoms with E-state index in [1.54, 1.807) is 30.9 Å². The van der Waals surface area contributed by atoms with Crippen molar-refractivity contribution in [1.82, 2.24) is 4.90 Å². The fraction of sp³-hybridized carbons (Fsp3) is 0.400. The Hall–Kier alpha value is -1.70. The lowest BCUT2D eigenvalue weighted by atomic mass is 10.2. The second-order valence-corrected chi connectivity index (χ2v) is 6.46. The summed E-state index contributed by atoms with van der Waals surface area (Å²) in [6, 6.07) is 5.99. The van der Waals surface area contributed by atoms with E-state index in [-0.39, 0.29) is 17.1 Å². The monoisotopic (exact) mass is 329 g/mol. The lowest BCUT2D eigenvalue weighted by Gasteiger charge is -2.19. The molecule has 0 aromatic heterocycles. The Morgan fingerprint density at radius 2 is 1.73 bits per heavy atom. The smallest absolute Gasteiger partial charge is 0.334 e. The molecule has 7 heteroatoms. The van der Waals surface area contributed by atoms with Crippen LogP contribution >= 0.6 is 0 Å². The van der Waals surface area contributed by atoms with Crippen molar-refractivity contribution < 1.29 is 22.5 Å². The van der Waals surface area contributed by atoms with Crippen molar-refractivity contribution in [1.29, 1.82) is 0 Å². The Morgan fingerprint density at radius 3 is 2.05 bits per heavy atom. The SMILES string of the molecule is C=C(C)C(=O)OC(C)N(C)C.Cc1ccc(S(=O)(=O)O)cc1. The number of esters is 1. The van der Waals surface area contributed by atoms with Crippen molar-refractivity contribution in [3.8, 4) is 0 Å². The van der Waals surface area contributed by atoms with E-state index in [0.717, 1.165) is 5.56 Å². The number of aryl methyl sites for hydroxylation is 1. The minimum Gasteiger partial charge on any atom is -0.443 e. The first-order valence-corrected chi connectivity index (χ1v) is 7.96. The normalized spacial score (nSPS) is 12.1. The summed E-state index contributed by atoms with van der Waals surface area (Å²) in [7, 11) is -0.332. The van der Waals surface area contributed by atoms with Crippen molar-refractivity contribution >= 4 is 16.1 Å². The maximum atomic E-state index is 10.9. The third-order valence-corrected chi connectivity index (χ3v) is 3.54. The minimum atomic E-state index is -4.02. The van der Waals surface area contributed by atoms with Crippen LogP contribution in [0.15, 0.2) is 41.3 Å². The molecule has 6 nitrogen and oxygen atoms in total. The van der Waals surface area contributed by atoms with Crippen LogP contribution in [0.1, 0.15) is 19.4 Å². The predicted octanol–water partition coefficient (Wildman–Crippen LogP) is 2.26. The van der Waals surface area contributed by atoms with Crippen LogP contribution in [0.25, 0.3) is 0 Å². The maximum Gasteiger partial charge on any atom is 0.334 e. The zero-order valence-electron chi connectivity index (χ0n) is 13.5. The molecule has 0 aliphatic carbocycles. The number of hydrogen-bond donors (Lipinski definition) is 1. The third-order valence-electron chi connectivity index (χ3n) is 2.67. The highest BCUT2D eigenvalue weighted by molar-refractivity contribution is 7.85. The zero-order valence-corrected chi connectivity index (χ0v) is 14.3. The van der Waals surface area contributed by atoms with E-state index in [1.807, 2.05) is 21.0 Å². The summed E-state index contributed by atoms with van der Waals surface area (Å²) in [6.07, 6.45) is -0.195. The largest absolute Gasteiger partial charge is 0.443 e. The fourth-order valence-corrected chi connectivity index (χ4v) is 1.55. The number of hydrogen-bond acceptors (Lipinski definition) is 5. The summed E-state index contributed by atoms with van der Waals surface area (Å²) in [5, 5.41) is 0. The molecule has 0 aliphatic rings. The molecule has 0 bridgehead atoms. The number of rotatable bonds is 4. The van der Waals surface area contributed by atoms with Crippen LogP contribution in [0.5, 0.6) is 0 Å². The summed E-state index contributed by atoms with van der Waals surface area (Å²) in [5.74, 6) is -0.341. The molecule has 0 amide bonds. The average Bonchev–Trinajstić information content (AvgIpc) is 2.38. The van der Waals surface area contributed by atoms with Gasteiger partial charge < -0.3 is 4.74 Å². The van der Waals surface area contributed by atoms with Crippen LogP contribution in [0.2, 0.25) is 0 Å². The molecule has 1 N–H and O–H groups in total. The molecular formula is C15H23NO5S. The molecule has 0 saturated heterocycles. The van der Waals surface area contributed by atoms with E-state index in [0.29, 0.717) is 5.57 Å². The van der Waals surface area contributed by atoms with E-state index in [4.69, 9.17) is 9.29 Å². The van der Waals surface area contributed by atoms with E-state index in [1.165, 1.54) is 12.1 Å². The maximum absolute atomic E-state index is 10.9. The van der Waals surface area contributed by atoms with Gasteiger partial charge >= 0.3 is 5.97 Å². The van der Waals surface area contributed by atoms with Gasteiger partial charge in [0.1, 0.15) is 0 Å². The fourth-order valence-electron chi connectivity index (χ4n) is 1.07. The molecule has 1 aromatic rings. The molecule has 124 valence electrons. The Kier molecular flexibility index (Phi) is 8.00. The van der Waals surface area contributed by atoms with Crippen LogP contribution in [-0.2, 0) is 19.6 Å². The van der Waals surface area contributed by atoms with Crippen LogP contribution < -0.4 is 0 Å². The molecule has 0 spiro atoms. The van der Waals surface area contributed by atoms with Gasteiger partial charge in [-0.15, -0.1) is 0 Å². The van der Waals surface area contributed by atoms with E-state index in [9.17, 15) is 13.2 Å². The van der Waals surface area contributed by atoms with Gasteiger partial charge in [0, 0.05) is 5.57 Å². The first-order valence-electron chi connectivity index (χ1n) is 6.52. The van der Waals surface area contributed by atoms with Gasteiger partial charge in [-0.3, -0.25) is 9.45 Å². The van der Waals surface area contributed by atoms with Gasteiger partial charge in [-0.2, -0.15) is 8.42 Å². The summed E-state index contributed by atoms with van der Waals surface area (Å²) in [4.78, 5) is 12.6. The van der Waals surface area contributed by atoms with Crippen molar-refractivity contribution in [3.05, 3.63) is 42.0 Å². The molecule has 1 atom stereocenters. The Balaban J connectivity index is 0.000000401. The lowest BCUT2D eigenvalue weighted by Crippen LogP contribution is -2.30. The number of nitrogens with zero attached hydrogens (tertiary/aromatic N) is 1. The molecule has 1 unspecified atom stereocenters. The van der Waals surface area contributed by atoms with Gasteiger partial charge in [0.05, 0.1) is 4.90 Å². The van der Waals surface area contributed by atoms with Gasteiger partial charge in [-0.05, 0) is 47.0 Å². The van der Waals surface area contributed by atoms with Crippen LogP contribution in [0.4, 0.5) is 0 Å². The topological polar surface area (TPSA) is 83.9 Å². The average molecular weight is 329 g/mol. The highest BCUT2D eigenvalue weighted by Crippen LogP contribution is 2.08. The molecule has 0 radical (unpaired) electrons. The van der Waals surface area contributed by atoms with Gasteiger partial charge in [-0.1, -0.05) is 24.3 Å². The quantitative estimate of drug-likeness (QED) is 0.395. The Labute approximate surface area is 132 Å². The molecule has 22 heavy (non-hydrogen) atoms. The molecule has 0 aliphatic heterocycles. The van der Waals surface area contributed by atoms with Crippen LogP contribution in [-0.4, -0.2) is 44.2 Å². The van der Waals surface area contributed by atoms with Gasteiger partial charge in [-0.25, -0.2) is 4.79 Å². The molecule has 1 aromatic carbocycles. The number of carbonyl (C=O) groups is 1. The Bertz CT molecular complexity index is 605. The second kappa shape index (κ2) is 8.67. The van der Waals surface area contributed by atoms with Gasteiger partial charge in [0.25, 0.3) is 10.1 Å².